The molecule has 31 heavy (non-hydrogen) atoms. The van der Waals surface area contributed by atoms with E-state index in [4.69, 9.17) is 20.4 Å². The van der Waals surface area contributed by atoms with Gasteiger partial charge in [-0.3, -0.25) is 4.99 Å². The molecule has 0 fully saturated rings. The highest BCUT2D eigenvalue weighted by Gasteiger charge is 2.25. The number of nitrogens with one attached hydrogen (secondary N) is 1. The summed E-state index contributed by atoms with van der Waals surface area (Å²) in [6, 6.07) is 11.1. The molecule has 2 aromatic carbocycles. The Morgan fingerprint density at radius 1 is 0.968 bits per heavy atom. The number of benzene rings is 2. The number of anilines is 1. The summed E-state index contributed by atoms with van der Waals surface area (Å²) in [5, 5.41) is 56.4. The van der Waals surface area contributed by atoms with E-state index in [9.17, 15) is 10.2 Å². The van der Waals surface area contributed by atoms with Gasteiger partial charge < -0.3 is 36.0 Å². The molecule has 0 aliphatic heterocycles. The Labute approximate surface area is 184 Å². The number of aliphatic hydroxyl groups excluding tert-OH is 5. The first-order chi connectivity index (χ1) is 14.5. The fourth-order valence-corrected chi connectivity index (χ4v) is 2.59. The molecule has 0 aromatic heterocycles. The average molecular weight is 437 g/mol. The summed E-state index contributed by atoms with van der Waals surface area (Å²) in [7, 11) is 1.81. The van der Waals surface area contributed by atoms with Crippen LogP contribution >= 0.6 is 0 Å². The smallest absolute Gasteiger partial charge is 0.181 e. The maximum atomic E-state index is 10.1. The van der Waals surface area contributed by atoms with Gasteiger partial charge in [0.25, 0.3) is 0 Å². The zero-order valence-electron chi connectivity index (χ0n) is 18.8. The first-order valence-electron chi connectivity index (χ1n) is 9.94. The van der Waals surface area contributed by atoms with E-state index < -0.39 is 18.5 Å². The van der Waals surface area contributed by atoms with Crippen molar-refractivity contribution >= 4 is 18.1 Å². The van der Waals surface area contributed by atoms with E-state index in [-0.39, 0.29) is 12.7 Å². The molecule has 8 heteroatoms. The minimum absolute atomic E-state index is 0.167. The Morgan fingerprint density at radius 3 is 1.87 bits per heavy atom. The van der Waals surface area contributed by atoms with E-state index in [1.54, 1.807) is 46.9 Å². The monoisotopic (exact) mass is 436 g/mol. The van der Waals surface area contributed by atoms with Crippen LogP contribution < -0.4 is 5.32 Å². The summed E-state index contributed by atoms with van der Waals surface area (Å²) >= 11 is 0. The molecule has 8 nitrogen and oxygen atoms in total. The Balaban J connectivity index is 0.00000113. The molecule has 2 aromatic rings. The summed E-state index contributed by atoms with van der Waals surface area (Å²) in [5.74, 6) is 0. The molecule has 0 aliphatic rings. The van der Waals surface area contributed by atoms with Crippen molar-refractivity contribution in [1.29, 1.82) is 0 Å². The lowest BCUT2D eigenvalue weighted by Crippen LogP contribution is -2.32. The van der Waals surface area contributed by atoms with E-state index in [0.29, 0.717) is 5.56 Å². The highest BCUT2D eigenvalue weighted by molar-refractivity contribution is 5.77. The second-order valence-corrected chi connectivity index (χ2v) is 6.97. The summed E-state index contributed by atoms with van der Waals surface area (Å²) in [6.45, 7) is 10.7. The topological polar surface area (TPSA) is 146 Å². The van der Waals surface area contributed by atoms with Crippen molar-refractivity contribution in [2.24, 2.45) is 4.99 Å². The summed E-state index contributed by atoms with van der Waals surface area (Å²) in [5.41, 5.74) is 4.66. The van der Waals surface area contributed by atoms with Gasteiger partial charge in [-0.25, -0.2) is 0 Å². The van der Waals surface area contributed by atoms with Gasteiger partial charge in [0, 0.05) is 19.8 Å². The molecule has 2 atom stereocenters. The van der Waals surface area contributed by atoms with Crippen LogP contribution in [-0.4, -0.2) is 69.5 Å². The molecule has 0 aliphatic carbocycles. The van der Waals surface area contributed by atoms with Crippen molar-refractivity contribution in [2.45, 2.75) is 52.3 Å². The first kappa shape index (κ1) is 28.7. The molecule has 7 N–H and O–H groups in total. The molecule has 0 amide bonds. The molecule has 174 valence electrons. The predicted molar refractivity (Wildman–Crippen MR) is 125 cm³/mol. The van der Waals surface area contributed by atoms with Gasteiger partial charge in [0.1, 0.15) is 12.2 Å². The minimum Gasteiger partial charge on any atom is -0.397 e. The van der Waals surface area contributed by atoms with Crippen molar-refractivity contribution in [3.05, 3.63) is 47.5 Å². The highest BCUT2D eigenvalue weighted by Crippen LogP contribution is 2.32. The molecule has 2 rings (SSSR count). The van der Waals surface area contributed by atoms with Gasteiger partial charge in [-0.2, -0.15) is 0 Å². The van der Waals surface area contributed by atoms with Crippen molar-refractivity contribution in [3.63, 3.8) is 0 Å². The van der Waals surface area contributed by atoms with Crippen molar-refractivity contribution in [3.8, 4) is 11.1 Å². The predicted octanol–water partition coefficient (Wildman–Crippen LogP) is 2.13. The van der Waals surface area contributed by atoms with Crippen LogP contribution in [-0.2, 0) is 0 Å². The van der Waals surface area contributed by atoms with Gasteiger partial charge in [0.2, 0.25) is 0 Å². The molecular weight excluding hydrogens is 400 g/mol. The third-order valence-electron chi connectivity index (χ3n) is 3.99. The number of hydrogen-bond donors (Lipinski definition) is 7. The lowest BCUT2D eigenvalue weighted by atomic mass is 9.94. The van der Waals surface area contributed by atoms with E-state index in [2.05, 4.69) is 17.0 Å². The Kier molecular flexibility index (Phi) is 13.5. The minimum atomic E-state index is -2.00. The van der Waals surface area contributed by atoms with E-state index >= 15 is 0 Å². The third-order valence-corrected chi connectivity index (χ3v) is 3.99. The first-order valence-corrected chi connectivity index (χ1v) is 9.94. The molecule has 0 saturated carbocycles. The van der Waals surface area contributed by atoms with Gasteiger partial charge in [0.15, 0.2) is 6.29 Å². The number of nitrogens with zero attached hydrogens (tertiary/aromatic N) is 1. The lowest BCUT2D eigenvalue weighted by molar-refractivity contribution is -0.158. The highest BCUT2D eigenvalue weighted by atomic mass is 16.5. The maximum absolute atomic E-state index is 10.1. The summed E-state index contributed by atoms with van der Waals surface area (Å²) < 4.78 is 0. The number of hydrogen-bond acceptors (Lipinski definition) is 8. The molecule has 2 unspecified atom stereocenters. The van der Waals surface area contributed by atoms with Crippen LogP contribution in [0.1, 0.15) is 38.0 Å². The summed E-state index contributed by atoms with van der Waals surface area (Å²) in [4.78, 5) is 3.95. The molecule has 0 bridgehead atoms. The van der Waals surface area contributed by atoms with Crippen molar-refractivity contribution in [2.75, 3.05) is 19.0 Å². The number of aliphatic imine (C=N–C) groups is 1. The van der Waals surface area contributed by atoms with Crippen LogP contribution in [0.4, 0.5) is 11.4 Å². The SMILES string of the molecule is C=Nc1ccc(-c2ccc(C(O)C(O)C(O)O)c(C)c2)cc1NC.CC(C)O.CCO. The van der Waals surface area contributed by atoms with Crippen LogP contribution in [0, 0.1) is 6.92 Å². The fraction of sp³-hybridized carbons (Fsp3) is 0.435. The van der Waals surface area contributed by atoms with E-state index in [1.807, 2.05) is 24.3 Å². The molecule has 0 saturated heterocycles. The largest absolute Gasteiger partial charge is 0.397 e. The maximum Gasteiger partial charge on any atom is 0.181 e. The number of rotatable bonds is 6. The average Bonchev–Trinajstić information content (AvgIpc) is 2.72. The Bertz CT molecular complexity index is 793. The van der Waals surface area contributed by atoms with Crippen LogP contribution in [0.25, 0.3) is 11.1 Å². The summed E-state index contributed by atoms with van der Waals surface area (Å²) in [6.07, 6.45) is -5.21. The van der Waals surface area contributed by atoms with Crippen LogP contribution in [0.3, 0.4) is 0 Å². The zero-order chi connectivity index (χ0) is 24.1. The second-order valence-electron chi connectivity index (χ2n) is 6.97. The van der Waals surface area contributed by atoms with Gasteiger partial charge in [-0.05, 0) is 68.8 Å². The third kappa shape index (κ3) is 9.56. The van der Waals surface area contributed by atoms with Gasteiger partial charge in [-0.1, -0.05) is 24.3 Å². The van der Waals surface area contributed by atoms with Gasteiger partial charge in [0.05, 0.1) is 11.4 Å². The van der Waals surface area contributed by atoms with Gasteiger partial charge in [-0.15, -0.1) is 0 Å². The molecular formula is C23H36N2O6. The van der Waals surface area contributed by atoms with E-state index in [0.717, 1.165) is 28.1 Å². The Hall–Kier alpha value is -2.33. The second kappa shape index (κ2) is 14.6. The fourth-order valence-electron chi connectivity index (χ4n) is 2.59. The molecule has 0 radical (unpaired) electrons. The quantitative estimate of drug-likeness (QED) is 0.271. The van der Waals surface area contributed by atoms with E-state index in [1.165, 1.54) is 0 Å². The van der Waals surface area contributed by atoms with Crippen molar-refractivity contribution in [1.82, 2.24) is 0 Å². The molecule has 0 heterocycles. The van der Waals surface area contributed by atoms with Crippen LogP contribution in [0.2, 0.25) is 0 Å². The molecule has 0 spiro atoms. The number of aliphatic hydroxyl groups is 6. The van der Waals surface area contributed by atoms with Crippen LogP contribution in [0.15, 0.2) is 41.4 Å². The number of aryl methyl sites for hydroxylation is 1. The standard InChI is InChI=1S/C18H22N2O4.C3H8O.C2H6O/c1-10-8-11(4-6-13(10)16(21)17(22)18(23)24)12-5-7-14(19-2)15(9-12)20-3;1-3(2)4;1-2-3/h4-9,16-18,20-24H,2H2,1,3H3;3-4H,1-2H3;3H,2H2,1H3. The van der Waals surface area contributed by atoms with Crippen molar-refractivity contribution < 1.29 is 30.6 Å². The lowest BCUT2D eigenvalue weighted by Gasteiger charge is -2.21. The normalized spacial score (nSPS) is 12.3. The van der Waals surface area contributed by atoms with Gasteiger partial charge >= 0.3 is 0 Å². The zero-order valence-corrected chi connectivity index (χ0v) is 18.8. The van der Waals surface area contributed by atoms with Crippen LogP contribution in [0.5, 0.6) is 0 Å². The Morgan fingerprint density at radius 2 is 1.45 bits per heavy atom.